The number of carbonyl (C=O) groups is 2. The highest BCUT2D eigenvalue weighted by atomic mass is 32.2. The molecule has 3 rings (SSSR count). The predicted molar refractivity (Wildman–Crippen MR) is 158 cm³/mol. The molecular weight excluding hydrogens is 526 g/mol. The molecule has 3 aromatic rings. The van der Waals surface area contributed by atoms with E-state index in [2.05, 4.69) is 5.32 Å². The number of sulfonamides is 1. The lowest BCUT2D eigenvalue weighted by Crippen LogP contribution is -2.51. The van der Waals surface area contributed by atoms with Crippen LogP contribution in [0.25, 0.3) is 0 Å². The number of aryl methyl sites for hydroxylation is 2. The number of hydrogen-bond acceptors (Lipinski definition) is 5. The van der Waals surface area contributed by atoms with Crippen molar-refractivity contribution in [2.45, 2.75) is 58.5 Å². The minimum absolute atomic E-state index is 0.0308. The summed E-state index contributed by atoms with van der Waals surface area (Å²) in [6.45, 7) is 9.94. The molecule has 2 amide bonds. The summed E-state index contributed by atoms with van der Waals surface area (Å²) in [5.41, 5.74) is 3.18. The number of nitrogens with one attached hydrogen (secondary N) is 1. The molecule has 0 heterocycles. The van der Waals surface area contributed by atoms with Crippen molar-refractivity contribution in [3.63, 3.8) is 0 Å². The second-order valence-electron chi connectivity index (χ2n) is 9.73. The van der Waals surface area contributed by atoms with Crippen molar-refractivity contribution >= 4 is 27.5 Å². The SMILES string of the molecule is CCCNC(=O)[C@H](C)N(Cc1cccc(C)c1)C(=O)CN(c1ccc(C)cc1)S(=O)(=O)c1ccc(OCC)cc1. The van der Waals surface area contributed by atoms with Crippen molar-refractivity contribution in [2.24, 2.45) is 0 Å². The molecule has 1 atom stereocenters. The minimum atomic E-state index is -4.14. The summed E-state index contributed by atoms with van der Waals surface area (Å²) in [7, 11) is -4.14. The average molecular weight is 566 g/mol. The largest absolute Gasteiger partial charge is 0.494 e. The van der Waals surface area contributed by atoms with Gasteiger partial charge in [0.2, 0.25) is 11.8 Å². The van der Waals surface area contributed by atoms with Crippen molar-refractivity contribution in [2.75, 3.05) is 24.0 Å². The molecule has 40 heavy (non-hydrogen) atoms. The molecule has 0 bridgehead atoms. The number of benzene rings is 3. The molecule has 0 radical (unpaired) electrons. The predicted octanol–water partition coefficient (Wildman–Crippen LogP) is 4.84. The van der Waals surface area contributed by atoms with Gasteiger partial charge >= 0.3 is 0 Å². The molecule has 0 aliphatic carbocycles. The Kier molecular flexibility index (Phi) is 10.7. The number of rotatable bonds is 13. The van der Waals surface area contributed by atoms with Crippen LogP contribution in [-0.4, -0.2) is 50.9 Å². The highest BCUT2D eigenvalue weighted by molar-refractivity contribution is 7.92. The Bertz CT molecular complexity index is 1390. The lowest BCUT2D eigenvalue weighted by molar-refractivity contribution is -0.139. The molecule has 0 fully saturated rings. The van der Waals surface area contributed by atoms with E-state index in [0.717, 1.165) is 27.4 Å². The Labute approximate surface area is 238 Å². The molecule has 1 N–H and O–H groups in total. The summed E-state index contributed by atoms with van der Waals surface area (Å²) >= 11 is 0. The average Bonchev–Trinajstić information content (AvgIpc) is 2.94. The van der Waals surface area contributed by atoms with Crippen LogP contribution in [0.15, 0.2) is 77.7 Å². The monoisotopic (exact) mass is 565 g/mol. The minimum Gasteiger partial charge on any atom is -0.494 e. The van der Waals surface area contributed by atoms with E-state index in [-0.39, 0.29) is 17.3 Å². The molecule has 0 spiro atoms. The van der Waals surface area contributed by atoms with Crippen LogP contribution in [0.3, 0.4) is 0 Å². The van der Waals surface area contributed by atoms with Crippen LogP contribution < -0.4 is 14.4 Å². The van der Waals surface area contributed by atoms with Crippen molar-refractivity contribution in [3.8, 4) is 5.75 Å². The van der Waals surface area contributed by atoms with Crippen LogP contribution in [0.4, 0.5) is 5.69 Å². The van der Waals surface area contributed by atoms with Gasteiger partial charge in [0.15, 0.2) is 0 Å². The van der Waals surface area contributed by atoms with Gasteiger partial charge in [-0.15, -0.1) is 0 Å². The van der Waals surface area contributed by atoms with Crippen LogP contribution in [0.2, 0.25) is 0 Å². The molecule has 0 saturated carbocycles. The Morgan fingerprint density at radius 2 is 1.60 bits per heavy atom. The maximum atomic E-state index is 13.9. The highest BCUT2D eigenvalue weighted by Gasteiger charge is 2.32. The van der Waals surface area contributed by atoms with Crippen molar-refractivity contribution in [3.05, 3.63) is 89.5 Å². The number of carbonyl (C=O) groups excluding carboxylic acids is 2. The second kappa shape index (κ2) is 14.0. The van der Waals surface area contributed by atoms with E-state index < -0.39 is 28.5 Å². The van der Waals surface area contributed by atoms with Crippen LogP contribution in [0.1, 0.15) is 43.9 Å². The van der Waals surface area contributed by atoms with Crippen LogP contribution in [-0.2, 0) is 26.2 Å². The molecule has 9 heteroatoms. The summed E-state index contributed by atoms with van der Waals surface area (Å²) in [6.07, 6.45) is 0.756. The van der Waals surface area contributed by atoms with Crippen molar-refractivity contribution < 1.29 is 22.7 Å². The first-order valence-electron chi connectivity index (χ1n) is 13.5. The van der Waals surface area contributed by atoms with E-state index in [1.807, 2.05) is 52.0 Å². The number of amides is 2. The summed E-state index contributed by atoms with van der Waals surface area (Å²) in [5.74, 6) is -0.231. The molecule has 0 aliphatic heterocycles. The van der Waals surface area contributed by atoms with Gasteiger partial charge in [0, 0.05) is 13.1 Å². The van der Waals surface area contributed by atoms with Gasteiger partial charge < -0.3 is 15.0 Å². The third-order valence-electron chi connectivity index (χ3n) is 6.48. The maximum absolute atomic E-state index is 13.9. The fourth-order valence-corrected chi connectivity index (χ4v) is 5.64. The molecular formula is C31H39N3O5S. The van der Waals surface area contributed by atoms with Crippen LogP contribution in [0.5, 0.6) is 5.75 Å². The fourth-order valence-electron chi connectivity index (χ4n) is 4.23. The molecule has 0 saturated heterocycles. The normalized spacial score (nSPS) is 11.9. The van der Waals surface area contributed by atoms with Crippen molar-refractivity contribution in [1.29, 1.82) is 0 Å². The van der Waals surface area contributed by atoms with E-state index in [4.69, 9.17) is 4.74 Å². The fraction of sp³-hybridized carbons (Fsp3) is 0.355. The molecule has 0 unspecified atom stereocenters. The van der Waals surface area contributed by atoms with Gasteiger partial charge in [-0.3, -0.25) is 13.9 Å². The molecule has 0 aromatic heterocycles. The first-order chi connectivity index (χ1) is 19.1. The van der Waals surface area contributed by atoms with Gasteiger partial charge in [-0.1, -0.05) is 54.4 Å². The lowest BCUT2D eigenvalue weighted by Gasteiger charge is -2.32. The van der Waals surface area contributed by atoms with Gasteiger partial charge in [0.1, 0.15) is 18.3 Å². The Balaban J connectivity index is 2.01. The van der Waals surface area contributed by atoms with Crippen LogP contribution >= 0.6 is 0 Å². The Morgan fingerprint density at radius 1 is 0.925 bits per heavy atom. The zero-order valence-electron chi connectivity index (χ0n) is 23.9. The third-order valence-corrected chi connectivity index (χ3v) is 8.26. The first-order valence-corrected chi connectivity index (χ1v) is 15.0. The quantitative estimate of drug-likeness (QED) is 0.320. The number of hydrogen-bond donors (Lipinski definition) is 1. The van der Waals surface area contributed by atoms with Gasteiger partial charge in [-0.25, -0.2) is 8.42 Å². The third kappa shape index (κ3) is 7.85. The smallest absolute Gasteiger partial charge is 0.264 e. The maximum Gasteiger partial charge on any atom is 0.264 e. The number of ether oxygens (including phenoxy) is 1. The molecule has 0 aliphatic rings. The topological polar surface area (TPSA) is 96.0 Å². The second-order valence-corrected chi connectivity index (χ2v) is 11.6. The van der Waals surface area contributed by atoms with E-state index in [0.29, 0.717) is 24.6 Å². The summed E-state index contributed by atoms with van der Waals surface area (Å²) < 4.78 is 34.4. The lowest BCUT2D eigenvalue weighted by atomic mass is 10.1. The van der Waals surface area contributed by atoms with Gasteiger partial charge in [0.25, 0.3) is 10.0 Å². The zero-order valence-corrected chi connectivity index (χ0v) is 24.7. The van der Waals surface area contributed by atoms with E-state index >= 15 is 0 Å². The Hall–Kier alpha value is -3.85. The number of nitrogens with zero attached hydrogens (tertiary/aromatic N) is 2. The first kappa shape index (κ1) is 30.7. The molecule has 3 aromatic carbocycles. The standard InChI is InChI=1S/C31H39N3O5S/c1-6-19-32-31(36)25(5)33(21-26-10-8-9-24(4)20-26)30(35)22-34(27-13-11-23(3)12-14-27)40(37,38)29-17-15-28(16-18-29)39-7-2/h8-18,20,25H,6-7,19,21-22H2,1-5H3,(H,32,36)/t25-/m0/s1. The van der Waals surface area contributed by atoms with Gasteiger partial charge in [-0.05, 0) is 76.1 Å². The van der Waals surface area contributed by atoms with Gasteiger partial charge in [0.05, 0.1) is 17.2 Å². The molecule has 214 valence electrons. The van der Waals surface area contributed by atoms with Gasteiger partial charge in [-0.2, -0.15) is 0 Å². The summed E-state index contributed by atoms with van der Waals surface area (Å²) in [4.78, 5) is 28.4. The van der Waals surface area contributed by atoms with Crippen molar-refractivity contribution in [1.82, 2.24) is 10.2 Å². The molecule has 8 nitrogen and oxygen atoms in total. The summed E-state index contributed by atoms with van der Waals surface area (Å²) in [5, 5.41) is 2.85. The number of anilines is 1. The zero-order chi connectivity index (χ0) is 29.3. The van der Waals surface area contributed by atoms with E-state index in [1.165, 1.54) is 17.0 Å². The van der Waals surface area contributed by atoms with E-state index in [9.17, 15) is 18.0 Å². The van der Waals surface area contributed by atoms with Crippen LogP contribution in [0, 0.1) is 13.8 Å². The Morgan fingerprint density at radius 3 is 2.20 bits per heavy atom. The van der Waals surface area contributed by atoms with E-state index in [1.54, 1.807) is 43.3 Å². The highest BCUT2D eigenvalue weighted by Crippen LogP contribution is 2.26. The summed E-state index contributed by atoms with van der Waals surface area (Å²) in [6, 6.07) is 19.9.